The van der Waals surface area contributed by atoms with Crippen LogP contribution in [0.3, 0.4) is 0 Å². The van der Waals surface area contributed by atoms with E-state index in [2.05, 4.69) is 9.98 Å². The number of nitriles is 2. The topological polar surface area (TPSA) is 532 Å². The number of carbonyl (C=O) groups excluding carboxylic acids is 4. The van der Waals surface area contributed by atoms with E-state index in [0.717, 1.165) is 27.7 Å². The molecule has 0 aromatic heterocycles. The molecule has 349 valence electrons. The molecule has 0 aliphatic heterocycles. The van der Waals surface area contributed by atoms with Crippen LogP contribution < -0.4 is 40.9 Å². The Bertz CT molecular complexity index is 1290. The molecule has 24 nitrogen and oxygen atoms in total. The molecule has 0 aliphatic rings. The van der Waals surface area contributed by atoms with E-state index >= 15 is 0 Å². The second kappa shape index (κ2) is 62.1. The van der Waals surface area contributed by atoms with Gasteiger partial charge < -0.3 is 102 Å². The number of rotatable bonds is 10. The molecule has 0 bridgehead atoms. The Labute approximate surface area is 384 Å². The molecular formula is C34H52Mn3N4O20. The Kier molecular flexibility index (Phi) is 93.5. The van der Waals surface area contributed by atoms with E-state index in [0.29, 0.717) is 11.1 Å². The molecular weight excluding hydrogens is 949 g/mol. The zero-order valence-electron chi connectivity index (χ0n) is 33.6. The largest absolute Gasteiger partial charge is 3.00 e. The fourth-order valence-corrected chi connectivity index (χ4v) is 2.11. The molecule has 0 heterocycles. The minimum atomic E-state index is -1.44. The Balaban J connectivity index is -0.0000000432. The Morgan fingerprint density at radius 2 is 0.738 bits per heavy atom. The van der Waals surface area contributed by atoms with Gasteiger partial charge in [0.15, 0.2) is 0 Å². The molecule has 12 N–H and O–H groups in total. The van der Waals surface area contributed by atoms with E-state index in [1.165, 1.54) is 38.4 Å². The van der Waals surface area contributed by atoms with Crippen LogP contribution in [0.25, 0.3) is 0 Å². The molecule has 61 heavy (non-hydrogen) atoms. The van der Waals surface area contributed by atoms with Gasteiger partial charge >= 0.3 is 51.2 Å². The summed E-state index contributed by atoms with van der Waals surface area (Å²) in [6, 6.07) is 15.9. The maximum atomic E-state index is 11.3. The molecule has 0 saturated carbocycles. The number of aliphatic imine (C=N–C) groups is 2. The van der Waals surface area contributed by atoms with E-state index < -0.39 is 74.6 Å². The summed E-state index contributed by atoms with van der Waals surface area (Å²) in [7, 11) is 0. The summed E-state index contributed by atoms with van der Waals surface area (Å²) in [5, 5.41) is 130. The summed E-state index contributed by atoms with van der Waals surface area (Å²) in [6.45, 7) is 3.07. The SMILES string of the molecule is CC#N.CC#N.CC(=O)[O-].CC(=O)[O-].CC(=O)[O-].CC(=O)[O-].O.O.O.O.[Mn+2].[Mn+3].[Mn+3].[O-]CC(CO)(CO)N=Cc1ccccc1[O-].[O-]CC(CO)(CO)N=Cc1ccccc1[O-]. The Hall–Kier alpha value is -4.60. The smallest absolute Gasteiger partial charge is 0.872 e. The molecule has 2 aromatic rings. The number of carboxylic acids is 4. The number of aliphatic hydroxyl groups is 4. The number of nitrogens with zero attached hydrogens (tertiary/aromatic N) is 4. The summed E-state index contributed by atoms with van der Waals surface area (Å²) in [5.41, 5.74) is -2.24. The van der Waals surface area contributed by atoms with Gasteiger partial charge in [0, 0.05) is 50.2 Å². The number of aliphatic hydroxyl groups excluding tert-OH is 4. The summed E-state index contributed by atoms with van der Waals surface area (Å²) in [4.78, 5) is 43.2. The maximum absolute atomic E-state index is 11.3. The van der Waals surface area contributed by atoms with Gasteiger partial charge in [0.25, 0.3) is 0 Å². The van der Waals surface area contributed by atoms with Crippen LogP contribution in [0.5, 0.6) is 11.5 Å². The second-order valence-corrected chi connectivity index (χ2v) is 9.38. The average molecular weight is 1000 g/mol. The summed E-state index contributed by atoms with van der Waals surface area (Å²) in [6.07, 6.45) is 2.43. The van der Waals surface area contributed by atoms with Crippen LogP contribution in [-0.4, -0.2) is 129 Å². The van der Waals surface area contributed by atoms with Gasteiger partial charge in [-0.15, -0.1) is 24.7 Å². The van der Waals surface area contributed by atoms with Crippen LogP contribution in [0.1, 0.15) is 52.7 Å². The van der Waals surface area contributed by atoms with Crippen molar-refractivity contribution in [1.29, 1.82) is 10.5 Å². The second-order valence-electron chi connectivity index (χ2n) is 9.38. The third-order valence-electron chi connectivity index (χ3n) is 4.51. The molecule has 0 saturated heterocycles. The minimum Gasteiger partial charge on any atom is -0.872 e. The molecule has 0 unspecified atom stereocenters. The first-order valence-electron chi connectivity index (χ1n) is 14.6. The van der Waals surface area contributed by atoms with E-state index in [9.17, 15) is 20.4 Å². The minimum absolute atomic E-state index is 0. The number of benzene rings is 2. The molecule has 27 heteroatoms. The van der Waals surface area contributed by atoms with Gasteiger partial charge in [0.2, 0.25) is 0 Å². The number of para-hydroxylation sites is 2. The van der Waals surface area contributed by atoms with Crippen molar-refractivity contribution in [2.24, 2.45) is 9.98 Å². The van der Waals surface area contributed by atoms with Crippen molar-refractivity contribution in [2.75, 3.05) is 39.6 Å². The molecule has 0 atom stereocenters. The van der Waals surface area contributed by atoms with E-state index in [1.54, 1.807) is 48.5 Å². The predicted octanol–water partition coefficient (Wildman–Crippen LogP) is -10.7. The number of aliphatic carboxylic acids is 4. The van der Waals surface area contributed by atoms with E-state index in [-0.39, 0.29) is 84.6 Å². The standard InChI is InChI=1S/2C11H14NO4.2C2H3N.4C2H4O2.3Mn.4H2O/c2*13-6-11(7-14,8-15)12-5-9-3-1-2-4-10(9)16;2*1-2-3;4*1-2(3)4;;;;;;;/h2*1-5,13-14,16H,6-8H2;2*1H3;4*1H3,(H,3,4);;;;4*1H2/q2*-1;;;;;;;+2;2*+3;;;;/p-6. The zero-order valence-corrected chi connectivity index (χ0v) is 37.2. The van der Waals surface area contributed by atoms with Crippen molar-refractivity contribution < 1.29 is 154 Å². The van der Waals surface area contributed by atoms with Gasteiger partial charge in [-0.25, -0.2) is 0 Å². The first-order valence-corrected chi connectivity index (χ1v) is 14.6. The van der Waals surface area contributed by atoms with Crippen LogP contribution in [-0.2, 0) is 70.4 Å². The first-order chi connectivity index (χ1) is 25.1. The number of hydrogen-bond acceptors (Lipinski definition) is 20. The summed E-state index contributed by atoms with van der Waals surface area (Å²) in [5.74, 6) is -4.77. The maximum Gasteiger partial charge on any atom is 3.00 e. The van der Waals surface area contributed by atoms with E-state index in [1.807, 2.05) is 0 Å². The average Bonchev–Trinajstić information content (AvgIpc) is 3.08. The van der Waals surface area contributed by atoms with Gasteiger partial charge in [-0.3, -0.25) is 9.98 Å². The Morgan fingerprint density at radius 3 is 0.869 bits per heavy atom. The van der Waals surface area contributed by atoms with Crippen LogP contribution in [0.2, 0.25) is 0 Å². The van der Waals surface area contributed by atoms with Crippen molar-refractivity contribution in [3.63, 3.8) is 0 Å². The fourth-order valence-electron chi connectivity index (χ4n) is 2.11. The molecule has 0 spiro atoms. The van der Waals surface area contributed by atoms with Crippen molar-refractivity contribution in [3.05, 3.63) is 59.7 Å². The van der Waals surface area contributed by atoms with Gasteiger partial charge in [-0.2, -0.15) is 10.5 Å². The molecule has 2 rings (SSSR count). The number of carboxylic acid groups (broad SMARTS) is 4. The normalized spacial score (nSPS) is 8.30. The van der Waals surface area contributed by atoms with Crippen LogP contribution >= 0.6 is 0 Å². The van der Waals surface area contributed by atoms with Crippen LogP contribution in [0, 0.1) is 22.7 Å². The summed E-state index contributed by atoms with van der Waals surface area (Å²) < 4.78 is 0. The molecule has 0 aliphatic carbocycles. The Morgan fingerprint density at radius 1 is 0.574 bits per heavy atom. The molecule has 0 fully saturated rings. The van der Waals surface area contributed by atoms with Crippen LogP contribution in [0.15, 0.2) is 58.5 Å². The van der Waals surface area contributed by atoms with Crippen molar-refractivity contribution in [3.8, 4) is 23.6 Å². The molecule has 0 amide bonds. The number of carbonyl (C=O) groups is 4. The molecule has 1 radical (unpaired) electrons. The van der Waals surface area contributed by atoms with Gasteiger partial charge in [0.1, 0.15) is 0 Å². The predicted molar refractivity (Wildman–Crippen MR) is 190 cm³/mol. The summed E-state index contributed by atoms with van der Waals surface area (Å²) >= 11 is 0. The van der Waals surface area contributed by atoms with Crippen LogP contribution in [0.4, 0.5) is 0 Å². The van der Waals surface area contributed by atoms with Crippen molar-refractivity contribution >= 4 is 36.3 Å². The first kappa shape index (κ1) is 91.9. The third kappa shape index (κ3) is 70.3. The van der Waals surface area contributed by atoms with E-state index in [4.69, 9.17) is 70.6 Å². The monoisotopic (exact) mass is 1000 g/mol. The fraction of sp³-hybridized carbons (Fsp3) is 0.412. The zero-order chi connectivity index (χ0) is 43.8. The quantitative estimate of drug-likeness (QED) is 0.127. The van der Waals surface area contributed by atoms with Gasteiger partial charge in [-0.05, 0) is 38.8 Å². The van der Waals surface area contributed by atoms with Gasteiger partial charge in [-0.1, -0.05) is 48.5 Å². The van der Waals surface area contributed by atoms with Crippen molar-refractivity contribution in [2.45, 2.75) is 52.6 Å². The molecule has 2 aromatic carbocycles. The number of hydrogen-bond donors (Lipinski definition) is 4. The van der Waals surface area contributed by atoms with Gasteiger partial charge in [0.05, 0.1) is 49.6 Å². The third-order valence-corrected chi connectivity index (χ3v) is 4.51. The van der Waals surface area contributed by atoms with Crippen molar-refractivity contribution in [1.82, 2.24) is 0 Å².